The van der Waals surface area contributed by atoms with Gasteiger partial charge in [-0.25, -0.2) is 4.68 Å². The molecule has 1 atom stereocenters. The van der Waals surface area contributed by atoms with Crippen LogP contribution in [0.15, 0.2) is 6.20 Å². The first-order valence-corrected chi connectivity index (χ1v) is 6.68. The van der Waals surface area contributed by atoms with E-state index in [0.29, 0.717) is 12.5 Å². The summed E-state index contributed by atoms with van der Waals surface area (Å²) in [5.74, 6) is 1.46. The van der Waals surface area contributed by atoms with Crippen molar-refractivity contribution in [3.8, 4) is 5.88 Å². The van der Waals surface area contributed by atoms with E-state index < -0.39 is 0 Å². The van der Waals surface area contributed by atoms with Crippen molar-refractivity contribution < 1.29 is 9.47 Å². The highest BCUT2D eigenvalue weighted by atomic mass is 16.5. The van der Waals surface area contributed by atoms with Crippen LogP contribution in [0.25, 0.3) is 0 Å². The van der Waals surface area contributed by atoms with Crippen molar-refractivity contribution >= 4 is 0 Å². The van der Waals surface area contributed by atoms with Crippen LogP contribution in [0.2, 0.25) is 0 Å². The summed E-state index contributed by atoms with van der Waals surface area (Å²) in [4.78, 5) is 0. The molecule has 2 heterocycles. The van der Waals surface area contributed by atoms with Crippen LogP contribution in [0.4, 0.5) is 0 Å². The van der Waals surface area contributed by atoms with Gasteiger partial charge in [-0.15, -0.1) is 0 Å². The molecule has 0 bridgehead atoms. The Balaban J connectivity index is 2.05. The van der Waals surface area contributed by atoms with Crippen LogP contribution in [-0.4, -0.2) is 29.1 Å². The Morgan fingerprint density at radius 2 is 2.22 bits per heavy atom. The number of ether oxygens (including phenoxy) is 2. The van der Waals surface area contributed by atoms with Gasteiger partial charge in [-0.2, -0.15) is 5.10 Å². The topological polar surface area (TPSA) is 36.3 Å². The molecule has 1 aromatic heterocycles. The van der Waals surface area contributed by atoms with E-state index in [1.54, 1.807) is 0 Å². The van der Waals surface area contributed by atoms with Crippen LogP contribution in [0.3, 0.4) is 0 Å². The van der Waals surface area contributed by atoms with Crippen molar-refractivity contribution in [1.82, 2.24) is 9.78 Å². The molecule has 4 heteroatoms. The molecule has 0 amide bonds. The van der Waals surface area contributed by atoms with Gasteiger partial charge in [0.15, 0.2) is 0 Å². The van der Waals surface area contributed by atoms with E-state index in [1.165, 1.54) is 5.56 Å². The van der Waals surface area contributed by atoms with Gasteiger partial charge in [-0.3, -0.25) is 0 Å². The number of nitrogens with zero attached hydrogens (tertiary/aromatic N) is 2. The summed E-state index contributed by atoms with van der Waals surface area (Å²) in [6.45, 7) is 13.0. The molecule has 0 fully saturated rings. The molecule has 2 rings (SSSR count). The Kier molecular flexibility index (Phi) is 3.66. The van der Waals surface area contributed by atoms with Crippen molar-refractivity contribution in [3.05, 3.63) is 11.8 Å². The highest BCUT2D eigenvalue weighted by Gasteiger charge is 2.28. The summed E-state index contributed by atoms with van der Waals surface area (Å²) in [6.07, 6.45) is 2.03. The number of hydrogen-bond donors (Lipinski definition) is 0. The van der Waals surface area contributed by atoms with Gasteiger partial charge < -0.3 is 9.47 Å². The van der Waals surface area contributed by atoms with Crippen LogP contribution in [-0.2, 0) is 16.7 Å². The highest BCUT2D eigenvalue weighted by molar-refractivity contribution is 5.32. The van der Waals surface area contributed by atoms with Crippen LogP contribution >= 0.6 is 0 Å². The Morgan fingerprint density at radius 1 is 1.50 bits per heavy atom. The highest BCUT2D eigenvalue weighted by Crippen LogP contribution is 2.33. The number of hydrogen-bond acceptors (Lipinski definition) is 3. The zero-order valence-corrected chi connectivity index (χ0v) is 12.1. The fourth-order valence-corrected chi connectivity index (χ4v) is 2.02. The van der Waals surface area contributed by atoms with Crippen molar-refractivity contribution in [3.63, 3.8) is 0 Å². The van der Waals surface area contributed by atoms with E-state index in [-0.39, 0.29) is 11.5 Å². The average molecular weight is 252 g/mol. The second-order valence-corrected chi connectivity index (χ2v) is 6.46. The van der Waals surface area contributed by atoms with Gasteiger partial charge in [0.1, 0.15) is 12.7 Å². The molecule has 0 aliphatic carbocycles. The molecule has 1 aliphatic heterocycles. The number of fused-ring (bicyclic) bond motifs is 1. The van der Waals surface area contributed by atoms with Crippen molar-refractivity contribution in [2.24, 2.45) is 5.92 Å². The third-order valence-corrected chi connectivity index (χ3v) is 3.05. The zero-order valence-electron chi connectivity index (χ0n) is 12.1. The van der Waals surface area contributed by atoms with Gasteiger partial charge >= 0.3 is 0 Å². The second kappa shape index (κ2) is 4.92. The maximum absolute atomic E-state index is 5.84. The first-order valence-electron chi connectivity index (χ1n) is 6.68. The van der Waals surface area contributed by atoms with E-state index in [1.807, 2.05) is 10.9 Å². The number of aromatic nitrogens is 2. The second-order valence-electron chi connectivity index (χ2n) is 6.46. The Morgan fingerprint density at radius 3 is 2.83 bits per heavy atom. The quantitative estimate of drug-likeness (QED) is 0.829. The molecular formula is C14H24N2O2. The van der Waals surface area contributed by atoms with E-state index in [0.717, 1.165) is 19.0 Å². The molecule has 4 nitrogen and oxygen atoms in total. The van der Waals surface area contributed by atoms with Gasteiger partial charge in [0.25, 0.3) is 0 Å². The smallest absolute Gasteiger partial charge is 0.215 e. The van der Waals surface area contributed by atoms with E-state index in [9.17, 15) is 0 Å². The Labute approximate surface area is 109 Å². The summed E-state index contributed by atoms with van der Waals surface area (Å²) in [6, 6.07) is 0. The van der Waals surface area contributed by atoms with Gasteiger partial charge in [-0.1, -0.05) is 34.6 Å². The first kappa shape index (κ1) is 13.4. The minimum absolute atomic E-state index is 0.0687. The maximum Gasteiger partial charge on any atom is 0.215 e. The molecule has 1 aliphatic rings. The van der Waals surface area contributed by atoms with Crippen LogP contribution < -0.4 is 4.74 Å². The molecule has 0 saturated carbocycles. The average Bonchev–Trinajstić information content (AvgIpc) is 2.68. The molecule has 102 valence electrons. The largest absolute Gasteiger partial charge is 0.475 e. The lowest BCUT2D eigenvalue weighted by atomic mass is 9.89. The Bertz CT molecular complexity index is 404. The van der Waals surface area contributed by atoms with E-state index in [2.05, 4.69) is 39.7 Å². The summed E-state index contributed by atoms with van der Waals surface area (Å²) < 4.78 is 13.6. The summed E-state index contributed by atoms with van der Waals surface area (Å²) in [7, 11) is 0. The molecule has 0 radical (unpaired) electrons. The Hall–Kier alpha value is -1.03. The van der Waals surface area contributed by atoms with E-state index >= 15 is 0 Å². The lowest BCUT2D eigenvalue weighted by molar-refractivity contribution is -0.0235. The first-order chi connectivity index (χ1) is 8.38. The summed E-state index contributed by atoms with van der Waals surface area (Å²) in [5, 5.41) is 4.41. The minimum Gasteiger partial charge on any atom is -0.475 e. The molecule has 0 spiro atoms. The third-order valence-electron chi connectivity index (χ3n) is 3.05. The predicted octanol–water partition coefficient (Wildman–Crippen LogP) is 2.61. The fraction of sp³-hybridized carbons (Fsp3) is 0.786. The van der Waals surface area contributed by atoms with Gasteiger partial charge in [0.05, 0.1) is 12.7 Å². The maximum atomic E-state index is 5.84. The van der Waals surface area contributed by atoms with Gasteiger partial charge in [0, 0.05) is 12.2 Å². The third kappa shape index (κ3) is 2.86. The van der Waals surface area contributed by atoms with Crippen molar-refractivity contribution in [2.75, 3.05) is 13.2 Å². The minimum atomic E-state index is 0.0687. The normalized spacial score (nSPS) is 19.8. The predicted molar refractivity (Wildman–Crippen MR) is 71.0 cm³/mol. The standard InChI is InChI=1S/C14H24N2O2/c1-10(2)8-17-11-7-16-13(18-9-11)12(6-15-16)14(3,4)5/h6,10-11H,7-9H2,1-5H3. The number of rotatable bonds is 3. The molecule has 1 aromatic rings. The van der Waals surface area contributed by atoms with Crippen molar-refractivity contribution in [1.29, 1.82) is 0 Å². The summed E-state index contributed by atoms with van der Waals surface area (Å²) >= 11 is 0. The fourth-order valence-electron chi connectivity index (χ4n) is 2.02. The van der Waals surface area contributed by atoms with Crippen LogP contribution in [0, 0.1) is 5.92 Å². The van der Waals surface area contributed by atoms with E-state index in [4.69, 9.17) is 9.47 Å². The van der Waals surface area contributed by atoms with Crippen molar-refractivity contribution in [2.45, 2.75) is 52.7 Å². The molecule has 0 saturated heterocycles. The zero-order chi connectivity index (χ0) is 13.3. The van der Waals surface area contributed by atoms with Crippen LogP contribution in [0.1, 0.15) is 40.2 Å². The molecule has 0 N–H and O–H groups in total. The monoisotopic (exact) mass is 252 g/mol. The lowest BCUT2D eigenvalue weighted by Gasteiger charge is -2.27. The van der Waals surface area contributed by atoms with Gasteiger partial charge in [-0.05, 0) is 11.3 Å². The SMILES string of the molecule is CC(C)COC1COc2c(C(C)(C)C)cnn2C1. The van der Waals surface area contributed by atoms with Crippen LogP contribution in [0.5, 0.6) is 5.88 Å². The summed E-state index contributed by atoms with van der Waals surface area (Å²) in [5.41, 5.74) is 1.24. The van der Waals surface area contributed by atoms with Gasteiger partial charge in [0.2, 0.25) is 5.88 Å². The lowest BCUT2D eigenvalue weighted by Crippen LogP contribution is -2.34. The molecule has 0 aromatic carbocycles. The molecule has 1 unspecified atom stereocenters. The molecular weight excluding hydrogens is 228 g/mol. The molecule has 18 heavy (non-hydrogen) atoms.